The summed E-state index contributed by atoms with van der Waals surface area (Å²) in [6.45, 7) is 0. The maximum atomic E-state index is 11.7. The van der Waals surface area contributed by atoms with Gasteiger partial charge in [-0.05, 0) is 12.1 Å². The monoisotopic (exact) mass is 262 g/mol. The smallest absolute Gasteiger partial charge is 0.339 e. The number of anilines is 1. The van der Waals surface area contributed by atoms with Crippen LogP contribution in [-0.4, -0.2) is 29.2 Å². The van der Waals surface area contributed by atoms with Crippen molar-refractivity contribution in [3.05, 3.63) is 41.8 Å². The lowest BCUT2D eigenvalue weighted by molar-refractivity contribution is 0.0693. The molecule has 2 rings (SSSR count). The molecule has 0 radical (unpaired) electrons. The summed E-state index contributed by atoms with van der Waals surface area (Å²) < 4.78 is 9.51. The van der Waals surface area contributed by atoms with Crippen LogP contribution in [0.5, 0.6) is 5.75 Å². The van der Waals surface area contributed by atoms with Crippen LogP contribution in [0.2, 0.25) is 0 Å². The molecular weight excluding hydrogens is 252 g/mol. The summed E-state index contributed by atoms with van der Waals surface area (Å²) in [6, 6.07) is 5.64. The van der Waals surface area contributed by atoms with Crippen LogP contribution >= 0.6 is 0 Å². The zero-order chi connectivity index (χ0) is 13.8. The van der Waals surface area contributed by atoms with Gasteiger partial charge >= 0.3 is 5.97 Å². The van der Waals surface area contributed by atoms with Crippen LogP contribution in [0.3, 0.4) is 0 Å². The number of methoxy groups -OCH3 is 1. The third-order valence-corrected chi connectivity index (χ3v) is 2.36. The molecule has 98 valence electrons. The van der Waals surface area contributed by atoms with E-state index in [2.05, 4.69) is 15.0 Å². The quantitative estimate of drug-likeness (QED) is 0.868. The van der Waals surface area contributed by atoms with E-state index in [1.165, 1.54) is 37.6 Å². The number of hydrogen-bond donors (Lipinski definition) is 2. The van der Waals surface area contributed by atoms with Crippen LogP contribution in [0.4, 0.5) is 5.69 Å². The maximum absolute atomic E-state index is 11.7. The second-order valence-corrected chi connectivity index (χ2v) is 3.56. The van der Waals surface area contributed by atoms with Gasteiger partial charge in [0.15, 0.2) is 5.69 Å². The fourth-order valence-corrected chi connectivity index (χ4v) is 1.47. The van der Waals surface area contributed by atoms with E-state index in [-0.39, 0.29) is 17.0 Å². The summed E-state index contributed by atoms with van der Waals surface area (Å²) in [5.41, 5.74) is 0.540. The van der Waals surface area contributed by atoms with E-state index < -0.39 is 11.9 Å². The Balaban J connectivity index is 2.22. The standard InChI is InChI=1S/C12H10N2O5/c1-18-10-6-7(2-3-8(10)12(16)17)13-11(15)9-4-5-19-14-9/h2-6H,1H3,(H,13,15)(H,16,17). The van der Waals surface area contributed by atoms with Crippen molar-refractivity contribution >= 4 is 17.6 Å². The molecule has 0 fully saturated rings. The minimum absolute atomic E-state index is 0.0157. The molecule has 7 heteroatoms. The lowest BCUT2D eigenvalue weighted by Gasteiger charge is -2.08. The predicted molar refractivity (Wildman–Crippen MR) is 64.4 cm³/mol. The van der Waals surface area contributed by atoms with Gasteiger partial charge in [-0.25, -0.2) is 4.79 Å². The fourth-order valence-electron chi connectivity index (χ4n) is 1.47. The van der Waals surface area contributed by atoms with E-state index in [1.807, 2.05) is 0 Å². The van der Waals surface area contributed by atoms with Gasteiger partial charge in [0, 0.05) is 17.8 Å². The number of rotatable bonds is 4. The first-order valence-corrected chi connectivity index (χ1v) is 5.25. The predicted octanol–water partition coefficient (Wildman–Crippen LogP) is 1.63. The van der Waals surface area contributed by atoms with Gasteiger partial charge in [-0.3, -0.25) is 4.79 Å². The maximum Gasteiger partial charge on any atom is 0.339 e. The molecule has 1 amide bonds. The summed E-state index contributed by atoms with van der Waals surface area (Å²) in [6.07, 6.45) is 1.28. The molecule has 0 aliphatic rings. The van der Waals surface area contributed by atoms with Crippen molar-refractivity contribution in [3.8, 4) is 5.75 Å². The van der Waals surface area contributed by atoms with Crippen molar-refractivity contribution in [1.29, 1.82) is 0 Å². The molecule has 2 N–H and O–H groups in total. The number of carbonyl (C=O) groups is 2. The number of ether oxygens (including phenoxy) is 1. The van der Waals surface area contributed by atoms with Gasteiger partial charge in [0.05, 0.1) is 7.11 Å². The molecule has 0 unspecified atom stereocenters. The number of carbonyl (C=O) groups excluding carboxylic acids is 1. The van der Waals surface area contributed by atoms with Crippen molar-refractivity contribution in [2.75, 3.05) is 12.4 Å². The largest absolute Gasteiger partial charge is 0.496 e. The highest BCUT2D eigenvalue weighted by atomic mass is 16.5. The van der Waals surface area contributed by atoms with Crippen molar-refractivity contribution < 1.29 is 24.0 Å². The summed E-state index contributed by atoms with van der Waals surface area (Å²) in [5.74, 6) is -1.41. The number of hydrogen-bond acceptors (Lipinski definition) is 5. The first kappa shape index (κ1) is 12.6. The molecule has 0 saturated heterocycles. The Morgan fingerprint density at radius 1 is 1.37 bits per heavy atom. The van der Waals surface area contributed by atoms with Crippen molar-refractivity contribution in [1.82, 2.24) is 5.16 Å². The van der Waals surface area contributed by atoms with Crippen LogP contribution in [-0.2, 0) is 0 Å². The Hall–Kier alpha value is -2.83. The first-order chi connectivity index (χ1) is 9.11. The van der Waals surface area contributed by atoms with Crippen LogP contribution in [0, 0.1) is 0 Å². The average molecular weight is 262 g/mol. The highest BCUT2D eigenvalue weighted by Gasteiger charge is 2.14. The van der Waals surface area contributed by atoms with Gasteiger partial charge in [0.1, 0.15) is 17.6 Å². The minimum atomic E-state index is -1.11. The number of nitrogens with one attached hydrogen (secondary N) is 1. The third-order valence-electron chi connectivity index (χ3n) is 2.36. The molecule has 1 aromatic carbocycles. The normalized spacial score (nSPS) is 9.95. The average Bonchev–Trinajstić information content (AvgIpc) is 2.92. The highest BCUT2D eigenvalue weighted by molar-refractivity contribution is 6.03. The molecule has 0 saturated carbocycles. The minimum Gasteiger partial charge on any atom is -0.496 e. The molecule has 0 atom stereocenters. The van der Waals surface area contributed by atoms with E-state index in [0.29, 0.717) is 5.69 Å². The molecule has 2 aromatic rings. The van der Waals surface area contributed by atoms with Crippen LogP contribution in [0.1, 0.15) is 20.8 Å². The lowest BCUT2D eigenvalue weighted by atomic mass is 10.2. The molecule has 19 heavy (non-hydrogen) atoms. The van der Waals surface area contributed by atoms with E-state index in [0.717, 1.165) is 0 Å². The van der Waals surface area contributed by atoms with E-state index in [1.54, 1.807) is 0 Å². The molecule has 0 bridgehead atoms. The summed E-state index contributed by atoms with van der Waals surface area (Å²) >= 11 is 0. The number of nitrogens with zero attached hydrogens (tertiary/aromatic N) is 1. The molecule has 7 nitrogen and oxygen atoms in total. The van der Waals surface area contributed by atoms with Crippen LogP contribution in [0.25, 0.3) is 0 Å². The van der Waals surface area contributed by atoms with Crippen molar-refractivity contribution in [3.63, 3.8) is 0 Å². The van der Waals surface area contributed by atoms with Gasteiger partial charge < -0.3 is 19.7 Å². The number of carboxylic acids is 1. The Labute approximate surface area is 107 Å². The number of carboxylic acid groups (broad SMARTS) is 1. The SMILES string of the molecule is COc1cc(NC(=O)c2ccon2)ccc1C(=O)O. The Bertz CT molecular complexity index is 607. The van der Waals surface area contributed by atoms with Crippen LogP contribution in [0.15, 0.2) is 35.1 Å². The second-order valence-electron chi connectivity index (χ2n) is 3.56. The fraction of sp³-hybridized carbons (Fsp3) is 0.0833. The number of aromatic nitrogens is 1. The second kappa shape index (κ2) is 5.21. The van der Waals surface area contributed by atoms with Gasteiger partial charge in [-0.1, -0.05) is 5.16 Å². The summed E-state index contributed by atoms with van der Waals surface area (Å²) in [5, 5.41) is 15.0. The Morgan fingerprint density at radius 2 is 2.16 bits per heavy atom. The first-order valence-electron chi connectivity index (χ1n) is 5.25. The highest BCUT2D eigenvalue weighted by Crippen LogP contribution is 2.23. The number of aromatic carboxylic acids is 1. The summed E-state index contributed by atoms with van der Waals surface area (Å²) in [4.78, 5) is 22.6. The molecule has 0 aliphatic carbocycles. The molecule has 0 aliphatic heterocycles. The zero-order valence-corrected chi connectivity index (χ0v) is 9.91. The molecule has 1 heterocycles. The third kappa shape index (κ3) is 2.71. The van der Waals surface area contributed by atoms with Gasteiger partial charge in [-0.15, -0.1) is 0 Å². The van der Waals surface area contributed by atoms with E-state index in [4.69, 9.17) is 9.84 Å². The van der Waals surface area contributed by atoms with E-state index >= 15 is 0 Å². The van der Waals surface area contributed by atoms with Crippen molar-refractivity contribution in [2.24, 2.45) is 0 Å². The van der Waals surface area contributed by atoms with Crippen molar-refractivity contribution in [2.45, 2.75) is 0 Å². The Kier molecular flexibility index (Phi) is 3.46. The number of benzene rings is 1. The molecular formula is C12H10N2O5. The zero-order valence-electron chi connectivity index (χ0n) is 9.91. The van der Waals surface area contributed by atoms with E-state index in [9.17, 15) is 9.59 Å². The lowest BCUT2D eigenvalue weighted by Crippen LogP contribution is -2.12. The van der Waals surface area contributed by atoms with Gasteiger partial charge in [0.25, 0.3) is 5.91 Å². The topological polar surface area (TPSA) is 102 Å². The van der Waals surface area contributed by atoms with Crippen LogP contribution < -0.4 is 10.1 Å². The molecule has 1 aromatic heterocycles. The Morgan fingerprint density at radius 3 is 2.74 bits per heavy atom. The molecule has 0 spiro atoms. The van der Waals surface area contributed by atoms with Gasteiger partial charge in [-0.2, -0.15) is 0 Å². The van der Waals surface area contributed by atoms with Gasteiger partial charge in [0.2, 0.25) is 0 Å². The number of amides is 1. The summed E-state index contributed by atoms with van der Waals surface area (Å²) in [7, 11) is 1.35.